The van der Waals surface area contributed by atoms with Crippen LogP contribution in [0.25, 0.3) is 0 Å². The molecule has 1 aliphatic heterocycles. The van der Waals surface area contributed by atoms with Gasteiger partial charge in [0, 0.05) is 11.8 Å². The maximum absolute atomic E-state index is 13.2. The third-order valence-electron chi connectivity index (χ3n) is 2.76. The lowest BCUT2D eigenvalue weighted by Gasteiger charge is -2.15. The normalized spacial score (nSPS) is 25.8. The molecule has 82 valence electrons. The maximum Gasteiger partial charge on any atom is 0.142 e. The summed E-state index contributed by atoms with van der Waals surface area (Å²) >= 11 is 7.75. The molecule has 4 heteroatoms. The molecule has 2 rings (SSSR count). The van der Waals surface area contributed by atoms with Crippen LogP contribution in [0.1, 0.15) is 5.56 Å². The zero-order valence-corrected chi connectivity index (χ0v) is 9.82. The molecule has 0 radical (unpaired) electrons. The quantitative estimate of drug-likeness (QED) is 0.867. The first kappa shape index (κ1) is 11.2. The van der Waals surface area contributed by atoms with Gasteiger partial charge >= 0.3 is 0 Å². The van der Waals surface area contributed by atoms with Crippen molar-refractivity contribution in [3.05, 3.63) is 34.6 Å². The van der Waals surface area contributed by atoms with Crippen molar-refractivity contribution in [2.45, 2.75) is 12.5 Å². The van der Waals surface area contributed by atoms with E-state index >= 15 is 0 Å². The smallest absolute Gasteiger partial charge is 0.142 e. The summed E-state index contributed by atoms with van der Waals surface area (Å²) in [6.45, 7) is 0. The Morgan fingerprint density at radius 1 is 1.47 bits per heavy atom. The molecule has 1 heterocycles. The fraction of sp³-hybridized carbons (Fsp3) is 0.455. The van der Waals surface area contributed by atoms with Gasteiger partial charge in [-0.15, -0.1) is 0 Å². The molecule has 2 unspecified atom stereocenters. The molecular weight excluding hydrogens is 233 g/mol. The van der Waals surface area contributed by atoms with Gasteiger partial charge in [0.2, 0.25) is 0 Å². The minimum atomic E-state index is -0.339. The average Bonchev–Trinajstić information content (AvgIpc) is 2.60. The summed E-state index contributed by atoms with van der Waals surface area (Å²) in [6.07, 6.45) is 0.783. The number of hydrogen-bond donors (Lipinski definition) is 1. The summed E-state index contributed by atoms with van der Waals surface area (Å²) in [6, 6.07) is 5.18. The number of rotatable bonds is 2. The number of benzene rings is 1. The lowest BCUT2D eigenvalue weighted by molar-refractivity contribution is 0.513. The minimum Gasteiger partial charge on any atom is -0.327 e. The Hall–Kier alpha value is -0.250. The summed E-state index contributed by atoms with van der Waals surface area (Å²) in [5.74, 6) is 2.13. The van der Waals surface area contributed by atoms with Gasteiger partial charge in [-0.25, -0.2) is 4.39 Å². The number of thioether (sulfide) groups is 1. The third-order valence-corrected chi connectivity index (χ3v) is 4.47. The van der Waals surface area contributed by atoms with Crippen molar-refractivity contribution in [3.63, 3.8) is 0 Å². The van der Waals surface area contributed by atoms with Gasteiger partial charge in [0.25, 0.3) is 0 Å². The van der Waals surface area contributed by atoms with Crippen LogP contribution < -0.4 is 5.73 Å². The van der Waals surface area contributed by atoms with Gasteiger partial charge in [-0.05, 0) is 29.7 Å². The molecule has 0 aliphatic carbocycles. The van der Waals surface area contributed by atoms with Gasteiger partial charge in [-0.3, -0.25) is 0 Å². The Morgan fingerprint density at radius 2 is 2.27 bits per heavy atom. The zero-order valence-electron chi connectivity index (χ0n) is 8.25. The van der Waals surface area contributed by atoms with E-state index in [0.29, 0.717) is 5.92 Å². The fourth-order valence-corrected chi connectivity index (χ4v) is 3.37. The highest BCUT2D eigenvalue weighted by molar-refractivity contribution is 7.99. The minimum absolute atomic E-state index is 0.217. The van der Waals surface area contributed by atoms with Gasteiger partial charge in [0.1, 0.15) is 5.82 Å². The fourth-order valence-electron chi connectivity index (χ4n) is 1.81. The zero-order chi connectivity index (χ0) is 10.8. The Balaban J connectivity index is 2.13. The van der Waals surface area contributed by atoms with E-state index in [1.54, 1.807) is 6.07 Å². The Kier molecular flexibility index (Phi) is 3.54. The highest BCUT2D eigenvalue weighted by atomic mass is 35.5. The van der Waals surface area contributed by atoms with Crippen molar-refractivity contribution in [1.82, 2.24) is 0 Å². The highest BCUT2D eigenvalue weighted by Gasteiger charge is 2.25. The van der Waals surface area contributed by atoms with Gasteiger partial charge in [-0.1, -0.05) is 23.7 Å². The summed E-state index contributed by atoms with van der Waals surface area (Å²) < 4.78 is 13.2. The van der Waals surface area contributed by atoms with Crippen LogP contribution in [0.3, 0.4) is 0 Å². The molecule has 1 aromatic carbocycles. The van der Waals surface area contributed by atoms with Crippen LogP contribution in [0.5, 0.6) is 0 Å². The van der Waals surface area contributed by atoms with E-state index in [4.69, 9.17) is 17.3 Å². The second kappa shape index (κ2) is 4.73. The summed E-state index contributed by atoms with van der Waals surface area (Å²) in [7, 11) is 0. The monoisotopic (exact) mass is 245 g/mol. The molecule has 1 saturated heterocycles. The molecule has 0 saturated carbocycles. The van der Waals surface area contributed by atoms with Crippen molar-refractivity contribution in [3.8, 4) is 0 Å². The molecule has 1 aromatic rings. The Morgan fingerprint density at radius 3 is 2.93 bits per heavy atom. The van der Waals surface area contributed by atoms with E-state index in [2.05, 4.69) is 0 Å². The van der Waals surface area contributed by atoms with Crippen LogP contribution in [0.4, 0.5) is 4.39 Å². The van der Waals surface area contributed by atoms with E-state index in [0.717, 1.165) is 23.5 Å². The van der Waals surface area contributed by atoms with Gasteiger partial charge in [0.15, 0.2) is 0 Å². The van der Waals surface area contributed by atoms with E-state index in [1.807, 2.05) is 17.8 Å². The molecule has 2 N–H and O–H groups in total. The van der Waals surface area contributed by atoms with Crippen molar-refractivity contribution >= 4 is 23.4 Å². The molecule has 1 fully saturated rings. The van der Waals surface area contributed by atoms with Crippen LogP contribution in [-0.4, -0.2) is 17.5 Å². The van der Waals surface area contributed by atoms with Gasteiger partial charge in [0.05, 0.1) is 5.02 Å². The molecule has 15 heavy (non-hydrogen) atoms. The van der Waals surface area contributed by atoms with E-state index in [1.165, 1.54) is 6.07 Å². The predicted molar refractivity (Wildman–Crippen MR) is 63.9 cm³/mol. The van der Waals surface area contributed by atoms with Gasteiger partial charge < -0.3 is 5.73 Å². The summed E-state index contributed by atoms with van der Waals surface area (Å²) in [5.41, 5.74) is 6.83. The van der Waals surface area contributed by atoms with Crippen molar-refractivity contribution in [2.75, 3.05) is 11.5 Å². The molecule has 0 aromatic heterocycles. The van der Waals surface area contributed by atoms with Crippen LogP contribution in [-0.2, 0) is 6.42 Å². The van der Waals surface area contributed by atoms with Crippen LogP contribution in [0.2, 0.25) is 5.02 Å². The molecule has 2 atom stereocenters. The lowest BCUT2D eigenvalue weighted by Crippen LogP contribution is -2.29. The molecule has 0 amide bonds. The van der Waals surface area contributed by atoms with E-state index in [-0.39, 0.29) is 16.9 Å². The second-order valence-electron chi connectivity index (χ2n) is 3.88. The van der Waals surface area contributed by atoms with E-state index < -0.39 is 0 Å². The first-order valence-corrected chi connectivity index (χ1v) is 6.48. The topological polar surface area (TPSA) is 26.0 Å². The second-order valence-corrected chi connectivity index (χ2v) is 5.33. The average molecular weight is 246 g/mol. The van der Waals surface area contributed by atoms with Crippen molar-refractivity contribution < 1.29 is 4.39 Å². The largest absolute Gasteiger partial charge is 0.327 e. The first-order valence-electron chi connectivity index (χ1n) is 4.94. The molecule has 1 nitrogen and oxygen atoms in total. The number of nitrogens with two attached hydrogens (primary N) is 1. The van der Waals surface area contributed by atoms with Crippen molar-refractivity contribution in [2.24, 2.45) is 11.7 Å². The summed E-state index contributed by atoms with van der Waals surface area (Å²) in [4.78, 5) is 0. The first-order chi connectivity index (χ1) is 7.18. The molecule has 0 spiro atoms. The van der Waals surface area contributed by atoms with Crippen molar-refractivity contribution in [1.29, 1.82) is 0 Å². The number of halogens is 2. The predicted octanol–water partition coefficient (Wildman–Crippen LogP) is 2.71. The Bertz CT molecular complexity index is 358. The Labute approximate surface area is 98.2 Å². The SMILES string of the molecule is NC1CSCC1Cc1cccc(F)c1Cl. The van der Waals surface area contributed by atoms with Crippen LogP contribution >= 0.6 is 23.4 Å². The third kappa shape index (κ3) is 2.47. The number of hydrogen-bond acceptors (Lipinski definition) is 2. The van der Waals surface area contributed by atoms with Crippen LogP contribution in [0, 0.1) is 11.7 Å². The maximum atomic E-state index is 13.2. The highest BCUT2D eigenvalue weighted by Crippen LogP contribution is 2.29. The van der Waals surface area contributed by atoms with E-state index in [9.17, 15) is 4.39 Å². The molecule has 1 aliphatic rings. The summed E-state index contributed by atoms with van der Waals surface area (Å²) in [5, 5.41) is 0.251. The lowest BCUT2D eigenvalue weighted by atomic mass is 9.95. The molecule has 0 bridgehead atoms. The van der Waals surface area contributed by atoms with Gasteiger partial charge in [-0.2, -0.15) is 11.8 Å². The molecular formula is C11H13ClFNS. The van der Waals surface area contributed by atoms with Crippen LogP contribution in [0.15, 0.2) is 18.2 Å². The standard InChI is InChI=1S/C11H13ClFNS/c12-11-7(2-1-3-9(11)13)4-8-5-15-6-10(8)14/h1-3,8,10H,4-6,14H2.